The normalized spacial score (nSPS) is 11.9. The van der Waals surface area contributed by atoms with E-state index in [1.54, 1.807) is 0 Å². The van der Waals surface area contributed by atoms with Crippen molar-refractivity contribution in [2.24, 2.45) is 0 Å². The number of nitrogens with one attached hydrogen (secondary N) is 1. The molecule has 1 N–H and O–H groups in total. The Morgan fingerprint density at radius 2 is 2.14 bits per heavy atom. The third kappa shape index (κ3) is 3.38. The number of anilines is 1. The van der Waals surface area contributed by atoms with E-state index in [2.05, 4.69) is 26.0 Å². The van der Waals surface area contributed by atoms with Gasteiger partial charge in [-0.25, -0.2) is 0 Å². The molecule has 1 rings (SSSR count). The van der Waals surface area contributed by atoms with Crippen molar-refractivity contribution in [2.45, 2.75) is 4.83 Å². The molecule has 0 amide bonds. The molecule has 0 spiro atoms. The standard InChI is InChI=1S/C10H12BrNO2/c1-14-10(13)9(11)7-12-8-5-3-2-4-6-8/h2-6,9,12H,7H2,1H3. The minimum Gasteiger partial charge on any atom is -0.468 e. The second-order valence-electron chi connectivity index (χ2n) is 2.74. The molecule has 1 unspecified atom stereocenters. The summed E-state index contributed by atoms with van der Waals surface area (Å²) in [4.78, 5) is 10.7. The maximum Gasteiger partial charge on any atom is 0.321 e. The van der Waals surface area contributed by atoms with Crippen LogP contribution < -0.4 is 5.32 Å². The molecule has 0 saturated heterocycles. The largest absolute Gasteiger partial charge is 0.468 e. The van der Waals surface area contributed by atoms with Crippen molar-refractivity contribution in [3.63, 3.8) is 0 Å². The SMILES string of the molecule is COC(=O)C(Br)CNc1ccccc1. The minimum absolute atomic E-state index is 0.270. The van der Waals surface area contributed by atoms with Crippen LogP contribution in [0.25, 0.3) is 0 Å². The van der Waals surface area contributed by atoms with Crippen LogP contribution in [0.2, 0.25) is 0 Å². The first-order valence-electron chi connectivity index (χ1n) is 4.25. The summed E-state index contributed by atoms with van der Waals surface area (Å²) in [6.45, 7) is 0.511. The van der Waals surface area contributed by atoms with E-state index < -0.39 is 0 Å². The Morgan fingerprint density at radius 3 is 2.71 bits per heavy atom. The van der Waals surface area contributed by atoms with Gasteiger partial charge in [-0.3, -0.25) is 4.79 Å². The van der Waals surface area contributed by atoms with Gasteiger partial charge in [0.15, 0.2) is 0 Å². The lowest BCUT2D eigenvalue weighted by Gasteiger charge is -2.09. The molecule has 4 heteroatoms. The Hall–Kier alpha value is -1.03. The van der Waals surface area contributed by atoms with Gasteiger partial charge in [0.05, 0.1) is 7.11 Å². The Bertz CT molecular complexity index is 289. The number of rotatable bonds is 4. The van der Waals surface area contributed by atoms with E-state index in [0.29, 0.717) is 6.54 Å². The summed E-state index contributed by atoms with van der Waals surface area (Å²) >= 11 is 3.22. The number of hydrogen-bond acceptors (Lipinski definition) is 3. The molecular weight excluding hydrogens is 246 g/mol. The third-order valence-corrected chi connectivity index (χ3v) is 2.41. The van der Waals surface area contributed by atoms with Crippen molar-refractivity contribution >= 4 is 27.6 Å². The second-order valence-corrected chi connectivity index (χ2v) is 3.84. The zero-order valence-electron chi connectivity index (χ0n) is 7.87. The van der Waals surface area contributed by atoms with Gasteiger partial charge in [0, 0.05) is 12.2 Å². The molecule has 1 atom stereocenters. The van der Waals surface area contributed by atoms with Crippen molar-refractivity contribution in [1.82, 2.24) is 0 Å². The Labute approximate surface area is 91.6 Å². The van der Waals surface area contributed by atoms with Crippen molar-refractivity contribution in [1.29, 1.82) is 0 Å². The summed E-state index contributed by atoms with van der Waals surface area (Å²) < 4.78 is 4.57. The zero-order chi connectivity index (χ0) is 10.4. The molecule has 0 heterocycles. The molecular formula is C10H12BrNO2. The fraction of sp³-hybridized carbons (Fsp3) is 0.300. The molecule has 1 aromatic carbocycles. The van der Waals surface area contributed by atoms with Gasteiger partial charge >= 0.3 is 5.97 Å². The highest BCUT2D eigenvalue weighted by Gasteiger charge is 2.13. The average Bonchev–Trinajstić information content (AvgIpc) is 2.26. The predicted octanol–water partition coefficient (Wildman–Crippen LogP) is 2.03. The van der Waals surface area contributed by atoms with Crippen LogP contribution >= 0.6 is 15.9 Å². The molecule has 1 aromatic rings. The first-order chi connectivity index (χ1) is 6.74. The first-order valence-corrected chi connectivity index (χ1v) is 5.16. The van der Waals surface area contributed by atoms with Crippen LogP contribution in [0, 0.1) is 0 Å². The van der Waals surface area contributed by atoms with Gasteiger partial charge in [0.1, 0.15) is 4.83 Å². The van der Waals surface area contributed by atoms with Crippen molar-refractivity contribution in [3.05, 3.63) is 30.3 Å². The molecule has 76 valence electrons. The molecule has 0 aliphatic carbocycles. The lowest BCUT2D eigenvalue weighted by molar-refractivity contribution is -0.139. The molecule has 0 aliphatic rings. The highest BCUT2D eigenvalue weighted by molar-refractivity contribution is 9.10. The molecule has 3 nitrogen and oxygen atoms in total. The van der Waals surface area contributed by atoms with Gasteiger partial charge in [0.25, 0.3) is 0 Å². The summed E-state index contributed by atoms with van der Waals surface area (Å²) in [6.07, 6.45) is 0. The van der Waals surface area contributed by atoms with Gasteiger partial charge in [-0.15, -0.1) is 0 Å². The fourth-order valence-electron chi connectivity index (χ4n) is 0.975. The van der Waals surface area contributed by atoms with Crippen LogP contribution in [0.5, 0.6) is 0 Å². The van der Waals surface area contributed by atoms with Crippen LogP contribution in [0.15, 0.2) is 30.3 Å². The van der Waals surface area contributed by atoms with Crippen molar-refractivity contribution in [3.8, 4) is 0 Å². The number of hydrogen-bond donors (Lipinski definition) is 1. The van der Waals surface area contributed by atoms with E-state index >= 15 is 0 Å². The van der Waals surface area contributed by atoms with Crippen LogP contribution in [0.3, 0.4) is 0 Å². The number of para-hydroxylation sites is 1. The summed E-state index contributed by atoms with van der Waals surface area (Å²) in [5.41, 5.74) is 0.987. The average molecular weight is 258 g/mol. The Kier molecular flexibility index (Phi) is 4.46. The molecule has 0 fully saturated rings. The lowest BCUT2D eigenvalue weighted by Crippen LogP contribution is -2.24. The number of halogens is 1. The van der Waals surface area contributed by atoms with Gasteiger partial charge in [-0.1, -0.05) is 34.1 Å². The maximum atomic E-state index is 11.0. The third-order valence-electron chi connectivity index (χ3n) is 1.72. The maximum absolute atomic E-state index is 11.0. The quantitative estimate of drug-likeness (QED) is 0.663. The van der Waals surface area contributed by atoms with Gasteiger partial charge in [-0.2, -0.15) is 0 Å². The van der Waals surface area contributed by atoms with E-state index in [-0.39, 0.29) is 10.8 Å². The molecule has 0 aliphatic heterocycles. The summed E-state index contributed by atoms with van der Waals surface area (Å²) in [5, 5.41) is 3.11. The zero-order valence-corrected chi connectivity index (χ0v) is 9.45. The molecule has 0 bridgehead atoms. The van der Waals surface area contributed by atoms with E-state index in [4.69, 9.17) is 0 Å². The topological polar surface area (TPSA) is 38.3 Å². The number of ether oxygens (including phenoxy) is 1. The van der Waals surface area contributed by atoms with Gasteiger partial charge < -0.3 is 10.1 Å². The van der Waals surface area contributed by atoms with Crippen LogP contribution in [0.1, 0.15) is 0 Å². The Balaban J connectivity index is 2.38. The number of carbonyl (C=O) groups excluding carboxylic acids is 1. The van der Waals surface area contributed by atoms with Crippen molar-refractivity contribution in [2.75, 3.05) is 19.0 Å². The monoisotopic (exact) mass is 257 g/mol. The smallest absolute Gasteiger partial charge is 0.321 e. The van der Waals surface area contributed by atoms with Crippen LogP contribution in [-0.2, 0) is 9.53 Å². The molecule has 0 radical (unpaired) electrons. The molecule has 14 heavy (non-hydrogen) atoms. The number of carbonyl (C=O) groups is 1. The predicted molar refractivity (Wildman–Crippen MR) is 59.7 cm³/mol. The van der Waals surface area contributed by atoms with Crippen LogP contribution in [-0.4, -0.2) is 24.5 Å². The molecule has 0 aromatic heterocycles. The minimum atomic E-state index is -0.312. The summed E-state index contributed by atoms with van der Waals surface area (Å²) in [7, 11) is 1.37. The van der Waals surface area contributed by atoms with E-state index in [1.165, 1.54) is 7.11 Å². The fourth-order valence-corrected chi connectivity index (χ4v) is 1.32. The number of esters is 1. The summed E-state index contributed by atoms with van der Waals surface area (Å²) in [5.74, 6) is -0.270. The highest BCUT2D eigenvalue weighted by Crippen LogP contribution is 2.08. The van der Waals surface area contributed by atoms with E-state index in [9.17, 15) is 4.79 Å². The second kappa shape index (κ2) is 5.65. The summed E-state index contributed by atoms with van der Waals surface area (Å²) in [6, 6.07) is 9.69. The number of alkyl halides is 1. The van der Waals surface area contributed by atoms with Gasteiger partial charge in [-0.05, 0) is 12.1 Å². The highest BCUT2D eigenvalue weighted by atomic mass is 79.9. The van der Waals surface area contributed by atoms with Gasteiger partial charge in [0.2, 0.25) is 0 Å². The Morgan fingerprint density at radius 1 is 1.50 bits per heavy atom. The number of benzene rings is 1. The van der Waals surface area contributed by atoms with E-state index in [0.717, 1.165) is 5.69 Å². The number of methoxy groups -OCH3 is 1. The van der Waals surface area contributed by atoms with Crippen LogP contribution in [0.4, 0.5) is 5.69 Å². The lowest BCUT2D eigenvalue weighted by atomic mass is 10.3. The first kappa shape index (κ1) is 11.0. The van der Waals surface area contributed by atoms with E-state index in [1.807, 2.05) is 30.3 Å². The van der Waals surface area contributed by atoms with Crippen molar-refractivity contribution < 1.29 is 9.53 Å². The molecule has 0 saturated carbocycles.